The van der Waals surface area contributed by atoms with Crippen molar-refractivity contribution in [2.24, 2.45) is 0 Å². The van der Waals surface area contributed by atoms with Gasteiger partial charge in [0, 0.05) is 23.7 Å². The molecule has 2 aromatic carbocycles. The molecule has 4 nitrogen and oxygen atoms in total. The third-order valence-corrected chi connectivity index (χ3v) is 4.85. The molecule has 0 saturated carbocycles. The van der Waals surface area contributed by atoms with Crippen LogP contribution >= 0.6 is 15.9 Å². The van der Waals surface area contributed by atoms with E-state index < -0.39 is 11.4 Å². The van der Waals surface area contributed by atoms with Crippen molar-refractivity contribution in [3.05, 3.63) is 74.6 Å². The van der Waals surface area contributed by atoms with Gasteiger partial charge in [0.2, 0.25) is 5.79 Å². The summed E-state index contributed by atoms with van der Waals surface area (Å²) >= 11 is 3.42. The molecule has 0 saturated heterocycles. The molecule has 2 heterocycles. The Bertz CT molecular complexity index is 973. The Morgan fingerprint density at radius 1 is 1.17 bits per heavy atom. The smallest absolute Gasteiger partial charge is 0.343 e. The van der Waals surface area contributed by atoms with Crippen molar-refractivity contribution in [3.8, 4) is 5.75 Å². The Balaban J connectivity index is 2.01. The number of halogens is 1. The first-order valence-corrected chi connectivity index (χ1v) is 8.46. The summed E-state index contributed by atoms with van der Waals surface area (Å²) in [6.07, 6.45) is 0.282. The summed E-state index contributed by atoms with van der Waals surface area (Å²) in [6.45, 7) is 1.62. The van der Waals surface area contributed by atoms with Crippen LogP contribution in [0, 0.1) is 0 Å². The predicted molar refractivity (Wildman–Crippen MR) is 94.3 cm³/mol. The molecular weight excluding hydrogens is 372 g/mol. The fourth-order valence-electron chi connectivity index (χ4n) is 3.27. The third kappa shape index (κ3) is 2.54. The van der Waals surface area contributed by atoms with Crippen LogP contribution in [0.2, 0.25) is 0 Å². The first-order valence-electron chi connectivity index (χ1n) is 7.67. The molecule has 0 unspecified atom stereocenters. The van der Waals surface area contributed by atoms with E-state index in [0.717, 1.165) is 10.0 Å². The summed E-state index contributed by atoms with van der Waals surface area (Å²) in [5.41, 5.74) is 1.42. The van der Waals surface area contributed by atoms with Gasteiger partial charge in [0.05, 0.1) is 10.9 Å². The average molecular weight is 387 g/mol. The van der Waals surface area contributed by atoms with E-state index in [2.05, 4.69) is 15.9 Å². The lowest BCUT2D eigenvalue weighted by Gasteiger charge is -2.36. The molecule has 1 aromatic heterocycles. The minimum absolute atomic E-state index is 0.282. The molecule has 0 spiro atoms. The molecular formula is C19H15BrO4. The number of hydrogen-bond donors (Lipinski definition) is 1. The highest BCUT2D eigenvalue weighted by molar-refractivity contribution is 9.10. The van der Waals surface area contributed by atoms with E-state index in [4.69, 9.17) is 9.15 Å². The van der Waals surface area contributed by atoms with E-state index in [1.165, 1.54) is 0 Å². The topological polar surface area (TPSA) is 59.7 Å². The van der Waals surface area contributed by atoms with Crippen LogP contribution in [0.3, 0.4) is 0 Å². The van der Waals surface area contributed by atoms with Crippen molar-refractivity contribution in [2.45, 2.75) is 25.0 Å². The molecule has 24 heavy (non-hydrogen) atoms. The molecule has 1 aliphatic rings. The Kier molecular flexibility index (Phi) is 3.51. The average Bonchev–Trinajstić information content (AvgIpc) is 2.54. The standard InChI is InChI=1S/C19H15BrO4/c1-19(22)10-14(11-6-8-12(20)9-7-11)16-17(24-19)13-4-2-3-5-15(13)23-18(16)21/h2-9,14,22H,10H2,1H3/t14-,19-/m1/s1. The van der Waals surface area contributed by atoms with Crippen molar-refractivity contribution in [2.75, 3.05) is 0 Å². The van der Waals surface area contributed by atoms with Crippen molar-refractivity contribution < 1.29 is 14.3 Å². The van der Waals surface area contributed by atoms with E-state index in [0.29, 0.717) is 22.3 Å². The van der Waals surface area contributed by atoms with Gasteiger partial charge >= 0.3 is 5.63 Å². The number of para-hydroxylation sites is 1. The maximum Gasteiger partial charge on any atom is 0.343 e. The molecule has 1 N–H and O–H groups in total. The normalized spacial score (nSPS) is 22.9. The van der Waals surface area contributed by atoms with E-state index in [1.54, 1.807) is 19.1 Å². The number of ether oxygens (including phenoxy) is 1. The summed E-state index contributed by atoms with van der Waals surface area (Å²) in [7, 11) is 0. The maximum atomic E-state index is 12.6. The van der Waals surface area contributed by atoms with E-state index in [9.17, 15) is 9.90 Å². The molecule has 3 aromatic rings. The van der Waals surface area contributed by atoms with Gasteiger partial charge < -0.3 is 14.3 Å². The number of benzene rings is 2. The van der Waals surface area contributed by atoms with Gasteiger partial charge in [0.25, 0.3) is 0 Å². The third-order valence-electron chi connectivity index (χ3n) is 4.32. The lowest BCUT2D eigenvalue weighted by Crippen LogP contribution is -2.40. The lowest BCUT2D eigenvalue weighted by atomic mass is 9.83. The van der Waals surface area contributed by atoms with Crippen molar-refractivity contribution in [3.63, 3.8) is 0 Å². The predicted octanol–water partition coefficient (Wildman–Crippen LogP) is 4.18. The molecule has 4 rings (SSSR count). The van der Waals surface area contributed by atoms with Gasteiger partial charge in [-0.05, 0) is 29.8 Å². The minimum Gasteiger partial charge on any atom is -0.461 e. The number of rotatable bonds is 1. The van der Waals surface area contributed by atoms with Gasteiger partial charge in [-0.3, -0.25) is 0 Å². The summed E-state index contributed by atoms with van der Waals surface area (Å²) < 4.78 is 12.2. The molecule has 2 atom stereocenters. The monoisotopic (exact) mass is 386 g/mol. The van der Waals surface area contributed by atoms with Gasteiger partial charge in [-0.2, -0.15) is 0 Å². The highest BCUT2D eigenvalue weighted by atomic mass is 79.9. The Morgan fingerprint density at radius 2 is 1.88 bits per heavy atom. The molecule has 0 amide bonds. The quantitative estimate of drug-likeness (QED) is 0.637. The molecule has 0 fully saturated rings. The highest BCUT2D eigenvalue weighted by Crippen LogP contribution is 2.44. The van der Waals surface area contributed by atoms with E-state index in [-0.39, 0.29) is 12.3 Å². The van der Waals surface area contributed by atoms with Crippen molar-refractivity contribution >= 4 is 26.9 Å². The second-order valence-electron chi connectivity index (χ2n) is 6.21. The highest BCUT2D eigenvalue weighted by Gasteiger charge is 2.39. The van der Waals surface area contributed by atoms with Crippen LogP contribution in [-0.2, 0) is 0 Å². The SMILES string of the molecule is C[C@]1(O)C[C@H](c2ccc(Br)cc2)c2c(c3ccccc3oc2=O)O1. The first kappa shape index (κ1) is 15.4. The molecule has 0 bridgehead atoms. The zero-order chi connectivity index (χ0) is 16.9. The molecule has 0 radical (unpaired) electrons. The summed E-state index contributed by atoms with van der Waals surface area (Å²) in [4.78, 5) is 12.6. The van der Waals surface area contributed by atoms with Crippen LogP contribution in [0.1, 0.15) is 30.4 Å². The van der Waals surface area contributed by atoms with Crippen molar-refractivity contribution in [1.82, 2.24) is 0 Å². The second kappa shape index (κ2) is 5.46. The number of fused-ring (bicyclic) bond motifs is 3. The largest absolute Gasteiger partial charge is 0.461 e. The van der Waals surface area contributed by atoms with Gasteiger partial charge in [-0.25, -0.2) is 4.79 Å². The summed E-state index contributed by atoms with van der Waals surface area (Å²) in [6, 6.07) is 14.9. The summed E-state index contributed by atoms with van der Waals surface area (Å²) in [5.74, 6) is -1.25. The summed E-state index contributed by atoms with van der Waals surface area (Å²) in [5, 5.41) is 11.3. The fourth-order valence-corrected chi connectivity index (χ4v) is 3.53. The number of aliphatic hydroxyl groups is 1. The van der Waals surface area contributed by atoms with Gasteiger partial charge in [0.1, 0.15) is 11.3 Å². The minimum atomic E-state index is -1.36. The second-order valence-corrected chi connectivity index (χ2v) is 7.13. The van der Waals surface area contributed by atoms with E-state index in [1.807, 2.05) is 36.4 Å². The fraction of sp³-hybridized carbons (Fsp3) is 0.211. The zero-order valence-corrected chi connectivity index (χ0v) is 14.5. The Morgan fingerprint density at radius 3 is 2.62 bits per heavy atom. The molecule has 5 heteroatoms. The lowest BCUT2D eigenvalue weighted by molar-refractivity contribution is -0.136. The zero-order valence-electron chi connectivity index (χ0n) is 13.0. The van der Waals surface area contributed by atoms with Gasteiger partial charge in [0.15, 0.2) is 0 Å². The van der Waals surface area contributed by atoms with Gasteiger partial charge in [-0.15, -0.1) is 0 Å². The van der Waals surface area contributed by atoms with Crippen molar-refractivity contribution in [1.29, 1.82) is 0 Å². The molecule has 1 aliphatic heterocycles. The first-order chi connectivity index (χ1) is 11.4. The van der Waals surface area contributed by atoms with Crippen LogP contribution in [0.25, 0.3) is 11.0 Å². The maximum absolute atomic E-state index is 12.6. The van der Waals surface area contributed by atoms with Crippen LogP contribution in [0.4, 0.5) is 0 Å². The Hall–Kier alpha value is -2.11. The molecule has 122 valence electrons. The van der Waals surface area contributed by atoms with Crippen LogP contribution in [0.15, 0.2) is 62.2 Å². The Labute approximate surface area is 146 Å². The van der Waals surface area contributed by atoms with Crippen LogP contribution < -0.4 is 10.4 Å². The van der Waals surface area contributed by atoms with Crippen LogP contribution in [0.5, 0.6) is 5.75 Å². The van der Waals surface area contributed by atoms with Crippen LogP contribution in [-0.4, -0.2) is 10.9 Å². The number of hydrogen-bond acceptors (Lipinski definition) is 4. The van der Waals surface area contributed by atoms with E-state index >= 15 is 0 Å². The van der Waals surface area contributed by atoms with Gasteiger partial charge in [-0.1, -0.05) is 40.2 Å². The molecule has 0 aliphatic carbocycles.